The fraction of sp³-hybridized carbons (Fsp3) is 0.421. The lowest BCUT2D eigenvalue weighted by atomic mass is 10.1. The molecule has 3 aromatic rings. The number of benzene rings is 1. The summed E-state index contributed by atoms with van der Waals surface area (Å²) >= 11 is 1.48. The Morgan fingerprint density at radius 2 is 1.92 bits per heavy atom. The molecule has 26 heavy (non-hydrogen) atoms. The molecule has 1 aliphatic rings. The first-order valence-corrected chi connectivity index (χ1v) is 9.81. The molecule has 1 saturated heterocycles. The molecule has 0 bridgehead atoms. The maximum Gasteiger partial charge on any atom is 0.205 e. The number of pyridine rings is 1. The van der Waals surface area contributed by atoms with Crippen LogP contribution in [-0.4, -0.2) is 40.5 Å². The van der Waals surface area contributed by atoms with Gasteiger partial charge in [0.2, 0.25) is 5.13 Å². The van der Waals surface area contributed by atoms with E-state index >= 15 is 0 Å². The van der Waals surface area contributed by atoms with Crippen LogP contribution in [0.5, 0.6) is 0 Å². The van der Waals surface area contributed by atoms with Crippen molar-refractivity contribution >= 4 is 33.3 Å². The van der Waals surface area contributed by atoms with Crippen LogP contribution in [0.15, 0.2) is 24.3 Å². The van der Waals surface area contributed by atoms with E-state index in [2.05, 4.69) is 37.1 Å². The molecule has 0 amide bonds. The number of rotatable bonds is 3. The first-order valence-electron chi connectivity index (χ1n) is 9.04. The fourth-order valence-electron chi connectivity index (χ4n) is 3.45. The molecule has 5 nitrogen and oxygen atoms in total. The van der Waals surface area contributed by atoms with E-state index < -0.39 is 0 Å². The molecule has 136 valence electrons. The summed E-state index contributed by atoms with van der Waals surface area (Å²) in [6.45, 7) is 7.65. The van der Waals surface area contributed by atoms with Crippen molar-refractivity contribution in [2.75, 3.05) is 36.0 Å². The largest absolute Gasteiger partial charge is 0.369 e. The summed E-state index contributed by atoms with van der Waals surface area (Å²) in [6.07, 6.45) is 1.89. The van der Waals surface area contributed by atoms with Crippen LogP contribution in [-0.2, 0) is 6.42 Å². The molecule has 7 heteroatoms. The van der Waals surface area contributed by atoms with Gasteiger partial charge in [0.1, 0.15) is 17.2 Å². The molecule has 3 heterocycles. The molecule has 0 radical (unpaired) electrons. The standard InChI is InChI=1S/C19H22FN5S/c1-3-17-22-19(26-23-17)25-9-5-8-24(10-11-25)16-12-13(2)21-18-14(16)6-4-7-15(18)20/h4,6-7,12H,3,5,8-11H2,1-2H3. The minimum absolute atomic E-state index is 0.259. The monoisotopic (exact) mass is 371 g/mol. The molecule has 0 unspecified atom stereocenters. The van der Waals surface area contributed by atoms with Crippen molar-refractivity contribution in [2.24, 2.45) is 0 Å². The SMILES string of the molecule is CCc1nsc(N2CCCN(c3cc(C)nc4c(F)cccc34)CC2)n1. The normalized spacial score (nSPS) is 15.5. The highest BCUT2D eigenvalue weighted by Gasteiger charge is 2.20. The van der Waals surface area contributed by atoms with Crippen molar-refractivity contribution < 1.29 is 4.39 Å². The topological polar surface area (TPSA) is 45.2 Å². The van der Waals surface area contributed by atoms with Crippen LogP contribution in [0.3, 0.4) is 0 Å². The maximum absolute atomic E-state index is 14.2. The third-order valence-electron chi connectivity index (χ3n) is 4.78. The molecular formula is C19H22FN5S. The van der Waals surface area contributed by atoms with Gasteiger partial charge in [-0.3, -0.25) is 0 Å². The number of anilines is 2. The number of nitrogens with zero attached hydrogens (tertiary/aromatic N) is 5. The summed E-state index contributed by atoms with van der Waals surface area (Å²) in [6, 6.07) is 7.26. The molecule has 0 atom stereocenters. The van der Waals surface area contributed by atoms with E-state index in [1.54, 1.807) is 6.07 Å². The Morgan fingerprint density at radius 3 is 2.73 bits per heavy atom. The van der Waals surface area contributed by atoms with E-state index in [0.29, 0.717) is 5.52 Å². The van der Waals surface area contributed by atoms with Gasteiger partial charge in [0.25, 0.3) is 0 Å². The van der Waals surface area contributed by atoms with Gasteiger partial charge in [-0.25, -0.2) is 14.4 Å². The van der Waals surface area contributed by atoms with Crippen LogP contribution in [0.4, 0.5) is 15.2 Å². The molecule has 1 fully saturated rings. The zero-order chi connectivity index (χ0) is 18.1. The van der Waals surface area contributed by atoms with Crippen LogP contribution in [0, 0.1) is 12.7 Å². The summed E-state index contributed by atoms with van der Waals surface area (Å²) in [4.78, 5) is 13.7. The van der Waals surface area contributed by atoms with Crippen molar-refractivity contribution in [2.45, 2.75) is 26.7 Å². The summed E-state index contributed by atoms with van der Waals surface area (Å²) in [5, 5.41) is 1.89. The molecule has 4 rings (SSSR count). The molecule has 0 aliphatic carbocycles. The fourth-order valence-corrected chi connectivity index (χ4v) is 4.25. The molecule has 0 saturated carbocycles. The van der Waals surface area contributed by atoms with Crippen molar-refractivity contribution in [1.29, 1.82) is 0 Å². The highest BCUT2D eigenvalue weighted by atomic mass is 32.1. The first-order chi connectivity index (χ1) is 12.7. The number of aromatic nitrogens is 3. The Kier molecular flexibility index (Phi) is 4.72. The van der Waals surface area contributed by atoms with E-state index in [-0.39, 0.29) is 5.82 Å². The Labute approximate surface area is 156 Å². The number of halogens is 1. The lowest BCUT2D eigenvalue weighted by molar-refractivity contribution is 0.636. The predicted molar refractivity (Wildman–Crippen MR) is 105 cm³/mol. The third kappa shape index (κ3) is 3.23. The van der Waals surface area contributed by atoms with Crippen molar-refractivity contribution in [3.63, 3.8) is 0 Å². The third-order valence-corrected chi connectivity index (χ3v) is 5.59. The van der Waals surface area contributed by atoms with E-state index in [9.17, 15) is 4.39 Å². The summed E-state index contributed by atoms with van der Waals surface area (Å²) in [7, 11) is 0. The zero-order valence-electron chi connectivity index (χ0n) is 15.1. The van der Waals surface area contributed by atoms with E-state index in [1.165, 1.54) is 17.6 Å². The molecule has 0 N–H and O–H groups in total. The van der Waals surface area contributed by atoms with Crippen molar-refractivity contribution in [3.05, 3.63) is 41.6 Å². The predicted octanol–water partition coefficient (Wildman–Crippen LogP) is 3.81. The quantitative estimate of drug-likeness (QED) is 0.700. The van der Waals surface area contributed by atoms with Gasteiger partial charge in [-0.1, -0.05) is 19.1 Å². The second kappa shape index (κ2) is 7.15. The Morgan fingerprint density at radius 1 is 1.12 bits per heavy atom. The van der Waals surface area contributed by atoms with Gasteiger partial charge in [-0.2, -0.15) is 4.37 Å². The zero-order valence-corrected chi connectivity index (χ0v) is 15.9. The summed E-state index contributed by atoms with van der Waals surface area (Å²) in [5.41, 5.74) is 2.37. The lowest BCUT2D eigenvalue weighted by Crippen LogP contribution is -2.30. The Bertz CT molecular complexity index is 925. The smallest absolute Gasteiger partial charge is 0.205 e. The minimum Gasteiger partial charge on any atom is -0.369 e. The second-order valence-electron chi connectivity index (χ2n) is 6.59. The Balaban J connectivity index is 1.61. The van der Waals surface area contributed by atoms with Crippen LogP contribution >= 0.6 is 11.5 Å². The summed E-state index contributed by atoms with van der Waals surface area (Å²) in [5.74, 6) is 0.655. The number of hydrogen-bond acceptors (Lipinski definition) is 6. The van der Waals surface area contributed by atoms with E-state index in [1.807, 2.05) is 13.0 Å². The second-order valence-corrected chi connectivity index (χ2v) is 7.32. The van der Waals surface area contributed by atoms with Gasteiger partial charge in [0.05, 0.1) is 0 Å². The highest BCUT2D eigenvalue weighted by molar-refractivity contribution is 7.09. The first kappa shape index (κ1) is 17.1. The van der Waals surface area contributed by atoms with Crippen LogP contribution in [0.2, 0.25) is 0 Å². The lowest BCUT2D eigenvalue weighted by Gasteiger charge is -2.25. The van der Waals surface area contributed by atoms with Crippen LogP contribution < -0.4 is 9.80 Å². The van der Waals surface area contributed by atoms with Gasteiger partial charge in [0.15, 0.2) is 0 Å². The number of para-hydroxylation sites is 1. The van der Waals surface area contributed by atoms with Gasteiger partial charge in [0, 0.05) is 60.9 Å². The number of hydrogen-bond donors (Lipinski definition) is 0. The Hall–Kier alpha value is -2.28. The molecular weight excluding hydrogens is 349 g/mol. The van der Waals surface area contributed by atoms with Crippen molar-refractivity contribution in [1.82, 2.24) is 14.3 Å². The number of aryl methyl sites for hydroxylation is 2. The molecule has 2 aromatic heterocycles. The van der Waals surface area contributed by atoms with Gasteiger partial charge in [-0.05, 0) is 25.5 Å². The van der Waals surface area contributed by atoms with E-state index in [4.69, 9.17) is 0 Å². The van der Waals surface area contributed by atoms with E-state index in [0.717, 1.165) is 66.7 Å². The van der Waals surface area contributed by atoms with Crippen LogP contribution in [0.25, 0.3) is 10.9 Å². The minimum atomic E-state index is -0.259. The maximum atomic E-state index is 14.2. The average molecular weight is 371 g/mol. The van der Waals surface area contributed by atoms with Gasteiger partial charge < -0.3 is 9.80 Å². The van der Waals surface area contributed by atoms with Gasteiger partial charge >= 0.3 is 0 Å². The molecule has 1 aliphatic heterocycles. The molecule has 1 aromatic carbocycles. The highest BCUT2D eigenvalue weighted by Crippen LogP contribution is 2.29. The number of fused-ring (bicyclic) bond motifs is 1. The van der Waals surface area contributed by atoms with Crippen LogP contribution in [0.1, 0.15) is 24.9 Å². The molecule has 0 spiro atoms. The van der Waals surface area contributed by atoms with Crippen molar-refractivity contribution in [3.8, 4) is 0 Å². The van der Waals surface area contributed by atoms with Gasteiger partial charge in [-0.15, -0.1) is 0 Å². The summed E-state index contributed by atoms with van der Waals surface area (Å²) < 4.78 is 18.6. The average Bonchev–Trinajstić information content (AvgIpc) is 2.99.